The Balaban J connectivity index is 1.67. The van der Waals surface area contributed by atoms with Crippen molar-refractivity contribution in [3.8, 4) is 5.88 Å². The Morgan fingerprint density at radius 2 is 1.96 bits per heavy atom. The fourth-order valence-corrected chi connectivity index (χ4v) is 2.14. The van der Waals surface area contributed by atoms with Gasteiger partial charge in [0.15, 0.2) is 0 Å². The highest BCUT2D eigenvalue weighted by atomic mass is 19.1. The smallest absolute Gasteiger partial charge is 0.254 e. The summed E-state index contributed by atoms with van der Waals surface area (Å²) in [6.45, 7) is 0.538. The van der Waals surface area contributed by atoms with Gasteiger partial charge in [-0.25, -0.2) is 13.8 Å². The summed E-state index contributed by atoms with van der Waals surface area (Å²) in [5.41, 5.74) is 0.599. The molecule has 138 valence electrons. The monoisotopic (exact) mass is 363 g/mol. The van der Waals surface area contributed by atoms with Crippen LogP contribution in [0.25, 0.3) is 0 Å². The molecule has 6 nitrogen and oxygen atoms in total. The number of nitrogens with zero attached hydrogens (tertiary/aromatic N) is 1. The molecule has 0 atom stereocenters. The van der Waals surface area contributed by atoms with E-state index in [1.54, 1.807) is 18.3 Å². The number of ether oxygens (including phenoxy) is 1. The first-order valence-corrected chi connectivity index (χ1v) is 7.98. The van der Waals surface area contributed by atoms with Crippen molar-refractivity contribution in [2.45, 2.75) is 19.4 Å². The Hall–Kier alpha value is -3.03. The van der Waals surface area contributed by atoms with Crippen molar-refractivity contribution >= 4 is 11.8 Å². The van der Waals surface area contributed by atoms with E-state index in [-0.39, 0.29) is 24.4 Å². The number of rotatable bonds is 8. The Labute approximate surface area is 149 Å². The van der Waals surface area contributed by atoms with Crippen LogP contribution in [0.15, 0.2) is 36.5 Å². The first-order valence-electron chi connectivity index (χ1n) is 7.98. The van der Waals surface area contributed by atoms with Crippen molar-refractivity contribution in [2.75, 3.05) is 13.7 Å². The fourth-order valence-electron chi connectivity index (χ4n) is 2.14. The molecule has 0 radical (unpaired) electrons. The van der Waals surface area contributed by atoms with E-state index in [1.807, 2.05) is 0 Å². The third-order valence-electron chi connectivity index (χ3n) is 3.54. The standard InChI is InChI=1S/C18H19F2N3O3/c1-26-17-7-4-12(11-23-17)10-22-16(24)3-2-8-21-18(25)14-6-5-13(19)9-15(14)20/h4-7,9,11H,2-3,8,10H2,1H3,(H,21,25)(H,22,24). The van der Waals surface area contributed by atoms with Gasteiger partial charge in [0.1, 0.15) is 11.6 Å². The van der Waals surface area contributed by atoms with Gasteiger partial charge in [0.2, 0.25) is 11.8 Å². The number of pyridine rings is 1. The van der Waals surface area contributed by atoms with Crippen LogP contribution in [0, 0.1) is 11.6 Å². The zero-order chi connectivity index (χ0) is 18.9. The first kappa shape index (κ1) is 19.3. The molecule has 1 heterocycles. The lowest BCUT2D eigenvalue weighted by Gasteiger charge is -2.07. The molecule has 8 heteroatoms. The lowest BCUT2D eigenvalue weighted by molar-refractivity contribution is -0.121. The minimum atomic E-state index is -0.923. The molecule has 2 rings (SSSR count). The molecule has 0 unspecified atom stereocenters. The number of halogens is 2. The molecule has 1 aromatic carbocycles. The summed E-state index contributed by atoms with van der Waals surface area (Å²) in [5.74, 6) is -2.00. The molecule has 2 amide bonds. The lowest BCUT2D eigenvalue weighted by Crippen LogP contribution is -2.28. The van der Waals surface area contributed by atoms with E-state index in [2.05, 4.69) is 15.6 Å². The van der Waals surface area contributed by atoms with Crippen molar-refractivity contribution in [1.82, 2.24) is 15.6 Å². The van der Waals surface area contributed by atoms with E-state index >= 15 is 0 Å². The zero-order valence-electron chi connectivity index (χ0n) is 14.2. The number of nitrogens with one attached hydrogen (secondary N) is 2. The van der Waals surface area contributed by atoms with Crippen LogP contribution in [-0.2, 0) is 11.3 Å². The van der Waals surface area contributed by atoms with Crippen LogP contribution in [0.1, 0.15) is 28.8 Å². The van der Waals surface area contributed by atoms with Gasteiger partial charge in [0.05, 0.1) is 12.7 Å². The molecule has 0 aliphatic heterocycles. The Morgan fingerprint density at radius 3 is 2.62 bits per heavy atom. The summed E-state index contributed by atoms with van der Waals surface area (Å²) in [7, 11) is 1.52. The molecule has 0 saturated carbocycles. The second kappa shape index (κ2) is 9.45. The average molecular weight is 363 g/mol. The van der Waals surface area contributed by atoms with E-state index in [1.165, 1.54) is 7.11 Å². The van der Waals surface area contributed by atoms with Crippen LogP contribution >= 0.6 is 0 Å². The van der Waals surface area contributed by atoms with Gasteiger partial charge in [-0.05, 0) is 24.1 Å². The first-order chi connectivity index (χ1) is 12.5. The van der Waals surface area contributed by atoms with Crippen LogP contribution in [0.2, 0.25) is 0 Å². The number of benzene rings is 1. The van der Waals surface area contributed by atoms with E-state index in [0.29, 0.717) is 24.9 Å². The number of methoxy groups -OCH3 is 1. The highest BCUT2D eigenvalue weighted by Gasteiger charge is 2.12. The summed E-state index contributed by atoms with van der Waals surface area (Å²) in [4.78, 5) is 27.6. The predicted octanol–water partition coefficient (Wildman–Crippen LogP) is 2.19. The maximum atomic E-state index is 13.5. The predicted molar refractivity (Wildman–Crippen MR) is 90.6 cm³/mol. The molecule has 0 bridgehead atoms. The molecule has 2 N–H and O–H groups in total. The number of carbonyl (C=O) groups is 2. The van der Waals surface area contributed by atoms with Crippen molar-refractivity contribution in [1.29, 1.82) is 0 Å². The Kier molecular flexibility index (Phi) is 7.02. The maximum absolute atomic E-state index is 13.5. The molecule has 0 fully saturated rings. The zero-order valence-corrected chi connectivity index (χ0v) is 14.2. The van der Waals surface area contributed by atoms with E-state index in [9.17, 15) is 18.4 Å². The van der Waals surface area contributed by atoms with Gasteiger partial charge in [0, 0.05) is 37.8 Å². The van der Waals surface area contributed by atoms with E-state index in [4.69, 9.17) is 4.74 Å². The number of aromatic nitrogens is 1. The SMILES string of the molecule is COc1ccc(CNC(=O)CCCNC(=O)c2ccc(F)cc2F)cn1. The molecule has 2 aromatic rings. The molecule has 1 aromatic heterocycles. The highest BCUT2D eigenvalue weighted by Crippen LogP contribution is 2.09. The van der Waals surface area contributed by atoms with E-state index < -0.39 is 17.5 Å². The van der Waals surface area contributed by atoms with Gasteiger partial charge < -0.3 is 15.4 Å². The van der Waals surface area contributed by atoms with Gasteiger partial charge in [-0.3, -0.25) is 9.59 Å². The quantitative estimate of drug-likeness (QED) is 0.705. The second-order valence-corrected chi connectivity index (χ2v) is 5.47. The summed E-state index contributed by atoms with van der Waals surface area (Å²) in [6, 6.07) is 6.24. The van der Waals surface area contributed by atoms with Crippen molar-refractivity contribution in [2.24, 2.45) is 0 Å². The fraction of sp³-hybridized carbons (Fsp3) is 0.278. The number of hydrogen-bond donors (Lipinski definition) is 2. The van der Waals surface area contributed by atoms with Crippen molar-refractivity contribution in [3.05, 3.63) is 59.3 Å². The van der Waals surface area contributed by atoms with Crippen LogP contribution in [0.4, 0.5) is 8.78 Å². The van der Waals surface area contributed by atoms with Crippen LogP contribution in [-0.4, -0.2) is 30.5 Å². The largest absolute Gasteiger partial charge is 0.481 e. The third-order valence-corrected chi connectivity index (χ3v) is 3.54. The third kappa shape index (κ3) is 5.80. The van der Waals surface area contributed by atoms with Gasteiger partial charge in [-0.15, -0.1) is 0 Å². The molecule has 26 heavy (non-hydrogen) atoms. The minimum absolute atomic E-state index is 0.178. The molecule has 0 aliphatic carbocycles. The lowest BCUT2D eigenvalue weighted by atomic mass is 10.2. The molecular formula is C18H19F2N3O3. The Bertz CT molecular complexity index is 767. The normalized spacial score (nSPS) is 10.3. The number of amides is 2. The summed E-state index contributed by atoms with van der Waals surface area (Å²) in [6.07, 6.45) is 2.20. The van der Waals surface area contributed by atoms with Crippen molar-refractivity contribution < 1.29 is 23.1 Å². The highest BCUT2D eigenvalue weighted by molar-refractivity contribution is 5.94. The summed E-state index contributed by atoms with van der Waals surface area (Å²) >= 11 is 0. The van der Waals surface area contributed by atoms with E-state index in [0.717, 1.165) is 17.7 Å². The summed E-state index contributed by atoms with van der Waals surface area (Å²) < 4.78 is 31.2. The van der Waals surface area contributed by atoms with Crippen LogP contribution in [0.3, 0.4) is 0 Å². The topological polar surface area (TPSA) is 80.3 Å². The van der Waals surface area contributed by atoms with Gasteiger partial charge in [0.25, 0.3) is 5.91 Å². The van der Waals surface area contributed by atoms with Crippen LogP contribution in [0.5, 0.6) is 5.88 Å². The average Bonchev–Trinajstić information content (AvgIpc) is 2.63. The van der Waals surface area contributed by atoms with Gasteiger partial charge in [-0.1, -0.05) is 6.07 Å². The van der Waals surface area contributed by atoms with Gasteiger partial charge >= 0.3 is 0 Å². The van der Waals surface area contributed by atoms with Crippen molar-refractivity contribution in [3.63, 3.8) is 0 Å². The summed E-state index contributed by atoms with van der Waals surface area (Å²) in [5, 5.41) is 5.23. The molecule has 0 aliphatic rings. The molecule has 0 saturated heterocycles. The van der Waals surface area contributed by atoms with Crippen LogP contribution < -0.4 is 15.4 Å². The minimum Gasteiger partial charge on any atom is -0.481 e. The second-order valence-electron chi connectivity index (χ2n) is 5.47. The van der Waals surface area contributed by atoms with Gasteiger partial charge in [-0.2, -0.15) is 0 Å². The maximum Gasteiger partial charge on any atom is 0.254 e. The molecule has 0 spiro atoms. The molecular weight excluding hydrogens is 344 g/mol. The number of hydrogen-bond acceptors (Lipinski definition) is 4. The Morgan fingerprint density at radius 1 is 1.15 bits per heavy atom. The number of carbonyl (C=O) groups excluding carboxylic acids is 2.